The van der Waals surface area contributed by atoms with Crippen LogP contribution in [0.2, 0.25) is 5.02 Å². The third kappa shape index (κ3) is 33.3. The first kappa shape index (κ1) is 106. The molecule has 2 aliphatic rings. The first-order chi connectivity index (χ1) is 61.4. The van der Waals surface area contributed by atoms with Crippen LogP contribution in [0.5, 0.6) is 51.7 Å². The number of nitro groups is 3. The Balaban J connectivity index is 0.000000280. The van der Waals surface area contributed by atoms with Crippen molar-refractivity contribution in [2.45, 2.75) is 25.7 Å². The van der Waals surface area contributed by atoms with Crippen molar-refractivity contribution in [2.75, 3.05) is 67.8 Å². The Labute approximate surface area is 773 Å². The third-order valence-electron chi connectivity index (χ3n) is 16.0. The predicted molar refractivity (Wildman–Crippen MR) is 452 cm³/mol. The SMILES string of the molecule is COC(=O)c1cc(NS(=O)[O-])c(Oc2ccccc2)c(N2C(=O)CCC2=O)c1.COC(=O)c1cc(NS(=O)[O-])c(Oc2ccccc2)c(N2CCCC2)c1.COC(=O)c1cc(NS(=O)[O-])c(Oc2ccccc2)c([N+](=O)[O-])c1.O=C(O)c1cc(NS(=O)[O-])c(Cl)c([N+](=O)[O-])c1.O=C(O)c1cc(NS(=O)[O-])c(Oc2ccccc2)c([N+](=O)[O-])c1.O=CO[O-].Oc1ccccc1.[Na+]. The van der Waals surface area contributed by atoms with Gasteiger partial charge in [0.05, 0.1) is 104 Å². The number of hydrogen-bond donors (Lipinski definition) is 8. The zero-order chi connectivity index (χ0) is 95.1. The Morgan fingerprint density at radius 2 is 0.677 bits per heavy atom. The molecule has 0 aromatic heterocycles. The number of amides is 2. The molecule has 2 aliphatic heterocycles. The number of methoxy groups -OCH3 is 3. The molecule has 8 N–H and O–H groups in total. The third-order valence-corrected chi connectivity index (χ3v) is 18.4. The first-order valence-corrected chi connectivity index (χ1v) is 41.2. The van der Waals surface area contributed by atoms with Crippen molar-refractivity contribution >= 4 is 173 Å². The molecule has 0 saturated carbocycles. The van der Waals surface area contributed by atoms with Crippen LogP contribution in [0.25, 0.3) is 0 Å². The average molecular weight is 1930 g/mol. The number of ether oxygens (including phenoxy) is 7. The van der Waals surface area contributed by atoms with Gasteiger partial charge in [-0.2, -0.15) is 0 Å². The van der Waals surface area contributed by atoms with E-state index in [1.807, 2.05) is 33.7 Å². The number of rotatable bonds is 29. The van der Waals surface area contributed by atoms with Crippen LogP contribution in [0.15, 0.2) is 212 Å². The number of nitro benzene ring substituents is 3. The van der Waals surface area contributed by atoms with Crippen LogP contribution in [0.3, 0.4) is 0 Å². The van der Waals surface area contributed by atoms with Crippen LogP contribution in [0, 0.1) is 30.3 Å². The molecule has 2 heterocycles. The van der Waals surface area contributed by atoms with E-state index in [0.717, 1.165) is 81.4 Å². The molecular formula is C77H65ClN10NaO36S5-5. The Hall–Kier alpha value is -14.0. The summed E-state index contributed by atoms with van der Waals surface area (Å²) < 4.78 is 156. The number of carboxylic acid groups (broad SMARTS) is 2. The quantitative estimate of drug-likeness (QED) is 0.00254. The fourth-order valence-corrected chi connectivity index (χ4v) is 12.7. The molecule has 2 fully saturated rings. The summed E-state index contributed by atoms with van der Waals surface area (Å²) in [5.41, 5.74) is -3.18. The molecule has 5 unspecified atom stereocenters. The van der Waals surface area contributed by atoms with Crippen molar-refractivity contribution in [3.8, 4) is 51.7 Å². The van der Waals surface area contributed by atoms with Crippen molar-refractivity contribution < 1.29 is 185 Å². The smallest absolute Gasteiger partial charge is 0.755 e. The number of aromatic carboxylic acids is 2. The van der Waals surface area contributed by atoms with E-state index >= 15 is 0 Å². The van der Waals surface area contributed by atoms with Gasteiger partial charge in [-0.3, -0.25) is 65.8 Å². The number of esters is 3. The molecule has 5 atom stereocenters. The first-order valence-electron chi connectivity index (χ1n) is 35.4. The van der Waals surface area contributed by atoms with E-state index < -0.39 is 152 Å². The monoisotopic (exact) mass is 1920 g/mol. The van der Waals surface area contributed by atoms with E-state index in [4.69, 9.17) is 60.7 Å². The van der Waals surface area contributed by atoms with Crippen molar-refractivity contribution in [2.24, 2.45) is 0 Å². The second-order valence-corrected chi connectivity index (χ2v) is 28.1. The minimum absolute atomic E-state index is 0. The van der Waals surface area contributed by atoms with Gasteiger partial charge in [0.15, 0.2) is 11.5 Å². The molecule has 682 valence electrons. The summed E-state index contributed by atoms with van der Waals surface area (Å²) in [5.74, 6) is -4.81. The number of phenolic OH excluding ortho intramolecular Hbond substituents is 1. The van der Waals surface area contributed by atoms with E-state index in [9.17, 15) is 108 Å². The van der Waals surface area contributed by atoms with E-state index in [1.165, 1.54) is 49.6 Å². The Morgan fingerprint density at radius 1 is 0.415 bits per heavy atom. The number of anilines is 7. The number of aromatic hydroxyl groups is 1. The van der Waals surface area contributed by atoms with E-state index in [0.29, 0.717) is 28.7 Å². The second kappa shape index (κ2) is 53.6. The number of hydrogen-bond acceptors (Lipinski definition) is 35. The molecule has 10 aromatic carbocycles. The summed E-state index contributed by atoms with van der Waals surface area (Å²) >= 11 is -8.15. The predicted octanol–water partition coefficient (Wildman–Crippen LogP) is 7.85. The van der Waals surface area contributed by atoms with Crippen molar-refractivity contribution in [1.82, 2.24) is 0 Å². The van der Waals surface area contributed by atoms with Crippen LogP contribution in [0.1, 0.15) is 77.5 Å². The minimum Gasteiger partial charge on any atom is -0.755 e. The van der Waals surface area contributed by atoms with E-state index in [2.05, 4.69) is 28.7 Å². The second-order valence-electron chi connectivity index (χ2n) is 24.4. The van der Waals surface area contributed by atoms with Gasteiger partial charge in [-0.05, 0) is 116 Å². The number of carboxylic acids is 2. The normalized spacial score (nSPS) is 12.4. The van der Waals surface area contributed by atoms with Gasteiger partial charge in [0.2, 0.25) is 23.3 Å². The van der Waals surface area contributed by atoms with Gasteiger partial charge >= 0.3 is 70.8 Å². The summed E-state index contributed by atoms with van der Waals surface area (Å²) in [6.07, 6.45) is 2.04. The van der Waals surface area contributed by atoms with Crippen molar-refractivity contribution in [1.29, 1.82) is 0 Å². The van der Waals surface area contributed by atoms with Gasteiger partial charge in [-0.25, -0.2) is 28.9 Å². The maximum absolute atomic E-state index is 12.3. The molecule has 2 saturated heterocycles. The molecule has 0 spiro atoms. The maximum Gasteiger partial charge on any atom is 1.00 e. The standard InChI is InChI=1S/C18H16N2O7S.C18H20N2O5S.C14H12N2O7S.C13H10N2O7S.C7H5ClN2O6S.C6H6O.CH2O3.Na/c1-26-18(23)11-9-13(19-28(24)25)17(27-12-5-3-2-4-6-12)14(10-11)20-15(21)7-8-16(20)22;1-24-18(21)13-11-15(19-26(22)23)17(25-14-7-3-2-4-8-14)16(12-13)20-9-5-6-10-20;1-22-14(17)9-7-11(15-24(20)21)13(12(8-9)16(18)19)23-10-5-3-2-4-6-10;16-13(17)8-6-10(14-23(20)21)12(11(7-8)15(18)19)22-9-4-2-1-3-5-9;8-6-4(9-17(15)16)1-3(7(11)12)2-5(6)10(13)14;7-6-4-2-1-3-5-6;2-1-4-3;/h2-6,9-10,19H,7-8H2,1H3,(H,24,25);2-4,7-8,11-12,19H,5-6,9-10H2,1H3,(H,22,23);2-8,15H,1H3,(H,20,21);1-7,14H,(H,16,17)(H,20,21);1-2,9H,(H,11,12)(H,15,16);1-5,7H;1,3H;/q;;;;;;;+1/p-6. The van der Waals surface area contributed by atoms with Crippen molar-refractivity contribution in [3.05, 3.63) is 276 Å². The number of carbonyl (C=O) groups is 8. The summed E-state index contributed by atoms with van der Waals surface area (Å²) in [4.78, 5) is 127. The molecule has 2 amide bonds. The Morgan fingerprint density at radius 3 is 0.969 bits per heavy atom. The van der Waals surface area contributed by atoms with Gasteiger partial charge in [0.1, 0.15) is 33.8 Å². The summed E-state index contributed by atoms with van der Waals surface area (Å²) in [7, 11) is 3.54. The number of nitrogens with one attached hydrogen (secondary N) is 5. The Bertz CT molecular complexity index is 5800. The molecule has 0 bridgehead atoms. The number of carbonyl (C=O) groups excluding carboxylic acids is 6. The van der Waals surface area contributed by atoms with Crippen LogP contribution >= 0.6 is 11.6 Å². The number of para-hydroxylation sites is 5. The van der Waals surface area contributed by atoms with Gasteiger partial charge in [0.25, 0.3) is 12.2 Å². The topological polar surface area (TPSA) is 691 Å². The largest absolute Gasteiger partial charge is 1.00 e. The molecule has 0 radical (unpaired) electrons. The number of halogens is 1. The number of phenols is 1. The van der Waals surface area contributed by atoms with E-state index in [-0.39, 0.29) is 123 Å². The van der Waals surface area contributed by atoms with Gasteiger partial charge in [0, 0.05) is 100 Å². The number of benzene rings is 10. The Kier molecular flexibility index (Phi) is 43.9. The van der Waals surface area contributed by atoms with Crippen LogP contribution in [-0.4, -0.2) is 156 Å². The summed E-state index contributed by atoms with van der Waals surface area (Å²) in [6.45, 7) is 1.42. The van der Waals surface area contributed by atoms with Gasteiger partial charge in [-0.15, -0.1) is 0 Å². The molecular weight excluding hydrogens is 1860 g/mol. The zero-order valence-electron chi connectivity index (χ0n) is 67.0. The minimum atomic E-state index is -2.82. The van der Waals surface area contributed by atoms with Crippen LogP contribution < -0.4 is 87.2 Å². The summed E-state index contributed by atoms with van der Waals surface area (Å²) in [6, 6.07) is 53.1. The molecule has 130 heavy (non-hydrogen) atoms. The van der Waals surface area contributed by atoms with Crippen LogP contribution in [-0.2, 0) is 89.8 Å². The zero-order valence-corrected chi connectivity index (χ0v) is 73.8. The molecule has 12 rings (SSSR count). The van der Waals surface area contributed by atoms with Crippen LogP contribution in [0.4, 0.5) is 56.9 Å². The fourth-order valence-electron chi connectivity index (χ4n) is 10.7. The average Bonchev–Trinajstić information content (AvgIpc) is 1.51. The molecule has 46 nitrogen and oxygen atoms in total. The molecule has 10 aromatic rings. The number of nitrogens with zero attached hydrogens (tertiary/aromatic N) is 5. The fraction of sp³-hybridized carbons (Fsp3) is 0.117. The van der Waals surface area contributed by atoms with Gasteiger partial charge in [-0.1, -0.05) is 103 Å². The molecule has 53 heteroatoms. The number of imide groups is 1. The maximum atomic E-state index is 12.3. The van der Waals surface area contributed by atoms with Gasteiger partial charge < -0.3 is 110 Å². The summed E-state index contributed by atoms with van der Waals surface area (Å²) in [5, 5.41) is 67.3. The molecule has 0 aliphatic carbocycles. The van der Waals surface area contributed by atoms with E-state index in [1.54, 1.807) is 114 Å². The van der Waals surface area contributed by atoms with Crippen molar-refractivity contribution in [3.63, 3.8) is 0 Å².